The van der Waals surface area contributed by atoms with Crippen molar-refractivity contribution in [2.24, 2.45) is 0 Å². The molecule has 0 aliphatic carbocycles. The van der Waals surface area contributed by atoms with Crippen molar-refractivity contribution < 1.29 is 9.59 Å². The third-order valence-electron chi connectivity index (χ3n) is 4.96. The van der Waals surface area contributed by atoms with Crippen LogP contribution in [0.15, 0.2) is 48.5 Å². The van der Waals surface area contributed by atoms with E-state index in [0.29, 0.717) is 23.8 Å². The van der Waals surface area contributed by atoms with Crippen LogP contribution in [0, 0.1) is 0 Å². The summed E-state index contributed by atoms with van der Waals surface area (Å²) in [5, 5.41) is 6.63. The molecule has 0 saturated carbocycles. The van der Waals surface area contributed by atoms with E-state index < -0.39 is 0 Å². The minimum atomic E-state index is -0.251. The third kappa shape index (κ3) is 2.47. The van der Waals surface area contributed by atoms with Gasteiger partial charge in [-0.15, -0.1) is 0 Å². The van der Waals surface area contributed by atoms with E-state index in [9.17, 15) is 9.59 Å². The first-order chi connectivity index (χ1) is 13.1. The van der Waals surface area contributed by atoms with Crippen molar-refractivity contribution >= 4 is 39.7 Å². The molecule has 4 aromatic rings. The molecule has 2 aromatic heterocycles. The zero-order valence-corrected chi connectivity index (χ0v) is 14.6. The molecule has 0 saturated heterocycles. The molecule has 1 unspecified atom stereocenters. The van der Waals surface area contributed by atoms with Crippen LogP contribution in [0.4, 0.5) is 5.95 Å². The van der Waals surface area contributed by atoms with Crippen LogP contribution in [0.1, 0.15) is 33.8 Å². The maximum atomic E-state index is 12.7. The summed E-state index contributed by atoms with van der Waals surface area (Å²) in [6, 6.07) is 15.0. The molecule has 3 N–H and O–H groups in total. The summed E-state index contributed by atoms with van der Waals surface area (Å²) < 4.78 is 1.99. The molecule has 2 amide bonds. The lowest BCUT2D eigenvalue weighted by Gasteiger charge is -2.24. The first-order valence-corrected chi connectivity index (χ1v) is 8.79. The van der Waals surface area contributed by atoms with E-state index in [1.807, 2.05) is 54.0 Å². The normalized spacial score (nSPS) is 16.3. The minimum absolute atomic E-state index is 0.0856. The van der Waals surface area contributed by atoms with Crippen molar-refractivity contribution in [2.45, 2.75) is 13.0 Å². The van der Waals surface area contributed by atoms with Crippen molar-refractivity contribution in [3.63, 3.8) is 0 Å². The predicted octanol–water partition coefficient (Wildman–Crippen LogP) is 3.07. The summed E-state index contributed by atoms with van der Waals surface area (Å²) in [5.74, 6) is 0.0724. The van der Waals surface area contributed by atoms with Crippen molar-refractivity contribution in [1.82, 2.24) is 19.9 Å². The molecule has 7 heteroatoms. The number of anilines is 1. The van der Waals surface area contributed by atoms with E-state index in [1.54, 1.807) is 6.07 Å². The van der Waals surface area contributed by atoms with Gasteiger partial charge < -0.3 is 14.9 Å². The van der Waals surface area contributed by atoms with Crippen LogP contribution in [0.3, 0.4) is 0 Å². The quantitative estimate of drug-likeness (QED) is 0.514. The fourth-order valence-corrected chi connectivity index (χ4v) is 3.63. The molecule has 0 fully saturated rings. The Balaban J connectivity index is 1.51. The molecule has 1 aliphatic rings. The van der Waals surface area contributed by atoms with Gasteiger partial charge >= 0.3 is 0 Å². The molecule has 3 heterocycles. The average molecular weight is 359 g/mol. The Morgan fingerprint density at radius 2 is 2.07 bits per heavy atom. The van der Waals surface area contributed by atoms with Gasteiger partial charge in [0.25, 0.3) is 11.8 Å². The molecular formula is C20H17N5O2. The van der Waals surface area contributed by atoms with Gasteiger partial charge in [0, 0.05) is 29.1 Å². The Morgan fingerprint density at radius 1 is 1.22 bits per heavy atom. The van der Waals surface area contributed by atoms with Gasteiger partial charge in [0.2, 0.25) is 5.95 Å². The van der Waals surface area contributed by atoms with Crippen LogP contribution >= 0.6 is 0 Å². The van der Waals surface area contributed by atoms with Gasteiger partial charge in [0.1, 0.15) is 5.69 Å². The number of nitrogens with one attached hydrogen (secondary N) is 3. The van der Waals surface area contributed by atoms with Crippen LogP contribution in [0.25, 0.3) is 21.9 Å². The number of aromatic amines is 1. The molecule has 7 nitrogen and oxygen atoms in total. The van der Waals surface area contributed by atoms with E-state index in [-0.39, 0.29) is 17.9 Å². The second-order valence-corrected chi connectivity index (χ2v) is 6.79. The lowest BCUT2D eigenvalue weighted by atomic mass is 10.1. The van der Waals surface area contributed by atoms with Crippen molar-refractivity contribution in [3.8, 4) is 0 Å². The number of hydrogen-bond acceptors (Lipinski definition) is 3. The van der Waals surface area contributed by atoms with Gasteiger partial charge in [-0.1, -0.05) is 18.2 Å². The fraction of sp³-hybridized carbons (Fsp3) is 0.150. The Kier molecular flexibility index (Phi) is 3.30. The van der Waals surface area contributed by atoms with Crippen LogP contribution in [0.2, 0.25) is 0 Å². The van der Waals surface area contributed by atoms with Crippen LogP contribution in [-0.2, 0) is 0 Å². The van der Waals surface area contributed by atoms with Crippen molar-refractivity contribution in [2.75, 3.05) is 11.9 Å². The Labute approximate surface area is 154 Å². The monoisotopic (exact) mass is 359 g/mol. The minimum Gasteiger partial charge on any atom is -0.349 e. The summed E-state index contributed by atoms with van der Waals surface area (Å²) in [6.07, 6.45) is 0. The van der Waals surface area contributed by atoms with Gasteiger partial charge in [0.15, 0.2) is 0 Å². The number of fused-ring (bicyclic) bond motifs is 4. The SMILES string of the molecule is CC1CNC(=O)c2cc3ccc(C(=O)Nc4nc5ccccc5[nH]4)cc3n21. The zero-order chi connectivity index (χ0) is 18.5. The molecule has 5 rings (SSSR count). The summed E-state index contributed by atoms with van der Waals surface area (Å²) in [6.45, 7) is 2.62. The molecule has 0 spiro atoms. The van der Waals surface area contributed by atoms with E-state index in [1.165, 1.54) is 0 Å². The van der Waals surface area contributed by atoms with Crippen molar-refractivity contribution in [1.29, 1.82) is 0 Å². The largest absolute Gasteiger partial charge is 0.349 e. The second kappa shape index (κ2) is 5.70. The first kappa shape index (κ1) is 15.6. The van der Waals surface area contributed by atoms with Gasteiger partial charge in [-0.25, -0.2) is 4.98 Å². The highest BCUT2D eigenvalue weighted by Crippen LogP contribution is 2.27. The van der Waals surface area contributed by atoms with Crippen LogP contribution in [-0.4, -0.2) is 32.9 Å². The van der Waals surface area contributed by atoms with E-state index in [2.05, 4.69) is 20.6 Å². The standard InChI is InChI=1S/C20H17N5O2/c1-11-10-21-19(27)17-8-12-6-7-13(9-16(12)25(11)17)18(26)24-20-22-14-4-2-3-5-15(14)23-20/h2-9,11H,10H2,1H3,(H,21,27)(H2,22,23,24,26). The number of hydrogen-bond donors (Lipinski definition) is 3. The molecule has 27 heavy (non-hydrogen) atoms. The Morgan fingerprint density at radius 3 is 2.93 bits per heavy atom. The highest BCUT2D eigenvalue weighted by atomic mass is 16.2. The Hall–Kier alpha value is -3.61. The molecular weight excluding hydrogens is 342 g/mol. The highest BCUT2D eigenvalue weighted by molar-refractivity contribution is 6.07. The molecule has 2 aromatic carbocycles. The summed E-state index contributed by atoms with van der Waals surface area (Å²) >= 11 is 0. The van der Waals surface area contributed by atoms with Crippen LogP contribution < -0.4 is 10.6 Å². The zero-order valence-electron chi connectivity index (χ0n) is 14.6. The number of benzene rings is 2. The average Bonchev–Trinajstić information content (AvgIpc) is 3.25. The number of aromatic nitrogens is 3. The van der Waals surface area contributed by atoms with Crippen molar-refractivity contribution in [3.05, 3.63) is 59.8 Å². The number of nitrogens with zero attached hydrogens (tertiary/aromatic N) is 2. The molecule has 134 valence electrons. The molecule has 0 bridgehead atoms. The fourth-order valence-electron chi connectivity index (χ4n) is 3.63. The van der Waals surface area contributed by atoms with Crippen LogP contribution in [0.5, 0.6) is 0 Å². The number of rotatable bonds is 2. The summed E-state index contributed by atoms with van der Waals surface area (Å²) in [7, 11) is 0. The Bertz CT molecular complexity index is 1190. The number of carbonyl (C=O) groups excluding carboxylic acids is 2. The second-order valence-electron chi connectivity index (χ2n) is 6.79. The van der Waals surface area contributed by atoms with Gasteiger partial charge in [-0.05, 0) is 37.3 Å². The summed E-state index contributed by atoms with van der Waals surface area (Å²) in [5.41, 5.74) is 3.68. The van der Waals surface area contributed by atoms with Gasteiger partial charge in [-0.3, -0.25) is 14.9 Å². The number of amides is 2. The lowest BCUT2D eigenvalue weighted by molar-refractivity contribution is 0.0919. The van der Waals surface area contributed by atoms with E-state index in [4.69, 9.17) is 0 Å². The van der Waals surface area contributed by atoms with Gasteiger partial charge in [0.05, 0.1) is 11.0 Å². The van der Waals surface area contributed by atoms with E-state index in [0.717, 1.165) is 21.9 Å². The highest BCUT2D eigenvalue weighted by Gasteiger charge is 2.24. The number of carbonyl (C=O) groups is 2. The smallest absolute Gasteiger partial charge is 0.268 e. The lowest BCUT2D eigenvalue weighted by Crippen LogP contribution is -2.37. The maximum Gasteiger partial charge on any atom is 0.268 e. The van der Waals surface area contributed by atoms with Gasteiger partial charge in [-0.2, -0.15) is 0 Å². The summed E-state index contributed by atoms with van der Waals surface area (Å²) in [4.78, 5) is 32.3. The number of imidazole rings is 1. The number of para-hydroxylation sites is 2. The third-order valence-corrected chi connectivity index (χ3v) is 4.96. The first-order valence-electron chi connectivity index (χ1n) is 8.79. The van der Waals surface area contributed by atoms with E-state index >= 15 is 0 Å². The number of H-pyrrole nitrogens is 1. The molecule has 1 atom stereocenters. The molecule has 1 aliphatic heterocycles. The molecule has 0 radical (unpaired) electrons. The maximum absolute atomic E-state index is 12.7. The topological polar surface area (TPSA) is 91.8 Å². The predicted molar refractivity (Wildman–Crippen MR) is 103 cm³/mol.